The topological polar surface area (TPSA) is 59.4 Å². The summed E-state index contributed by atoms with van der Waals surface area (Å²) in [7, 11) is 0. The largest absolute Gasteiger partial charge is 0.494 e. The molecule has 1 N–H and O–H groups in total. The highest BCUT2D eigenvalue weighted by atomic mass is 16.5. The number of aromatic nitrogens is 2. The van der Waals surface area contributed by atoms with Crippen LogP contribution in [0.15, 0.2) is 94.7 Å². The third-order valence-corrected chi connectivity index (χ3v) is 4.77. The van der Waals surface area contributed by atoms with Gasteiger partial charge in [0.1, 0.15) is 5.75 Å². The average molecular weight is 397 g/mol. The van der Waals surface area contributed by atoms with Crippen molar-refractivity contribution in [3.63, 3.8) is 0 Å². The van der Waals surface area contributed by atoms with E-state index >= 15 is 0 Å². The highest BCUT2D eigenvalue weighted by molar-refractivity contribution is 6.04. The van der Waals surface area contributed by atoms with Gasteiger partial charge in [-0.1, -0.05) is 48.5 Å². The maximum absolute atomic E-state index is 13.4. The van der Waals surface area contributed by atoms with Crippen LogP contribution in [0.2, 0.25) is 0 Å². The van der Waals surface area contributed by atoms with Gasteiger partial charge in [-0.05, 0) is 50.2 Å². The second-order valence-electron chi connectivity index (χ2n) is 6.83. The molecule has 0 saturated carbocycles. The minimum atomic E-state index is -0.132. The molecule has 0 unspecified atom stereocenters. The molecule has 0 radical (unpaired) electrons. The minimum absolute atomic E-state index is 0.132. The molecule has 5 nitrogen and oxygen atoms in total. The summed E-state index contributed by atoms with van der Waals surface area (Å²) >= 11 is 0. The van der Waals surface area contributed by atoms with Crippen LogP contribution < -0.4 is 10.3 Å². The van der Waals surface area contributed by atoms with Crippen LogP contribution in [0, 0.1) is 0 Å². The second kappa shape index (κ2) is 8.66. The normalized spacial score (nSPS) is 11.5. The van der Waals surface area contributed by atoms with E-state index in [1.165, 1.54) is 0 Å². The van der Waals surface area contributed by atoms with Crippen LogP contribution >= 0.6 is 0 Å². The molecule has 0 bridgehead atoms. The van der Waals surface area contributed by atoms with Crippen molar-refractivity contribution in [1.82, 2.24) is 9.78 Å². The summed E-state index contributed by atoms with van der Waals surface area (Å²) in [6.07, 6.45) is 0. The number of para-hydroxylation sites is 1. The fourth-order valence-corrected chi connectivity index (χ4v) is 3.38. The zero-order valence-electron chi connectivity index (χ0n) is 17.0. The van der Waals surface area contributed by atoms with E-state index in [4.69, 9.17) is 9.73 Å². The highest BCUT2D eigenvalue weighted by Gasteiger charge is 2.19. The van der Waals surface area contributed by atoms with Gasteiger partial charge in [-0.3, -0.25) is 14.9 Å². The van der Waals surface area contributed by atoms with Crippen molar-refractivity contribution in [1.29, 1.82) is 0 Å². The molecule has 0 amide bonds. The number of aliphatic imine (C=N–C) groups is 1. The fourth-order valence-electron chi connectivity index (χ4n) is 3.38. The number of hydrogen-bond acceptors (Lipinski definition) is 3. The maximum atomic E-state index is 13.4. The van der Waals surface area contributed by atoms with Gasteiger partial charge in [-0.2, -0.15) is 0 Å². The predicted octanol–water partition coefficient (Wildman–Crippen LogP) is 5.37. The SMILES string of the molecule is CCOc1ccc(N=C(C)c2c(-c3ccccc3)[nH]n(-c3ccccc3)c2=O)cc1. The standard InChI is InChI=1S/C25H23N3O2/c1-3-30-22-16-14-20(15-17-22)26-18(2)23-24(19-10-6-4-7-11-19)27-28(25(23)29)21-12-8-5-9-13-21/h4-17,27H,3H2,1-2H3. The Kier molecular flexibility index (Phi) is 5.61. The van der Waals surface area contributed by atoms with Gasteiger partial charge in [0.05, 0.1) is 35.0 Å². The highest BCUT2D eigenvalue weighted by Crippen LogP contribution is 2.24. The van der Waals surface area contributed by atoms with Crippen LogP contribution in [0.25, 0.3) is 16.9 Å². The summed E-state index contributed by atoms with van der Waals surface area (Å²) in [4.78, 5) is 18.1. The molecular formula is C25H23N3O2. The molecule has 4 rings (SSSR count). The van der Waals surface area contributed by atoms with E-state index in [9.17, 15) is 4.79 Å². The molecule has 0 saturated heterocycles. The number of aromatic amines is 1. The Morgan fingerprint density at radius 3 is 2.20 bits per heavy atom. The number of nitrogens with one attached hydrogen (secondary N) is 1. The smallest absolute Gasteiger partial charge is 0.280 e. The van der Waals surface area contributed by atoms with Gasteiger partial charge in [-0.25, -0.2) is 4.68 Å². The molecule has 1 aromatic heterocycles. The average Bonchev–Trinajstić information content (AvgIpc) is 3.14. The summed E-state index contributed by atoms with van der Waals surface area (Å²) in [5.74, 6) is 0.798. The van der Waals surface area contributed by atoms with Crippen molar-refractivity contribution in [2.75, 3.05) is 6.61 Å². The Morgan fingerprint density at radius 2 is 1.57 bits per heavy atom. The molecule has 30 heavy (non-hydrogen) atoms. The molecule has 0 fully saturated rings. The molecule has 0 atom stereocenters. The van der Waals surface area contributed by atoms with Crippen molar-refractivity contribution in [2.45, 2.75) is 13.8 Å². The Hall–Kier alpha value is -3.86. The molecular weight excluding hydrogens is 374 g/mol. The quantitative estimate of drug-likeness (QED) is 0.445. The first-order valence-electron chi connectivity index (χ1n) is 9.91. The lowest BCUT2D eigenvalue weighted by atomic mass is 10.1. The molecule has 5 heteroatoms. The molecule has 150 valence electrons. The molecule has 0 aliphatic carbocycles. The zero-order valence-corrected chi connectivity index (χ0v) is 17.0. The van der Waals surface area contributed by atoms with Gasteiger partial charge in [0.2, 0.25) is 0 Å². The monoisotopic (exact) mass is 397 g/mol. The Labute approximate surface area is 175 Å². The van der Waals surface area contributed by atoms with Gasteiger partial charge in [0.25, 0.3) is 5.56 Å². The van der Waals surface area contributed by atoms with Crippen LogP contribution in [0.4, 0.5) is 5.69 Å². The lowest BCUT2D eigenvalue weighted by molar-refractivity contribution is 0.340. The van der Waals surface area contributed by atoms with Crippen LogP contribution in [-0.2, 0) is 0 Å². The fraction of sp³-hybridized carbons (Fsp3) is 0.120. The molecule has 0 aliphatic heterocycles. The van der Waals surface area contributed by atoms with Gasteiger partial charge in [-0.15, -0.1) is 0 Å². The number of H-pyrrole nitrogens is 1. The van der Waals surface area contributed by atoms with Crippen molar-refractivity contribution < 1.29 is 4.74 Å². The third-order valence-electron chi connectivity index (χ3n) is 4.77. The lowest BCUT2D eigenvalue weighted by Crippen LogP contribution is -2.19. The Morgan fingerprint density at radius 1 is 0.933 bits per heavy atom. The van der Waals surface area contributed by atoms with E-state index in [0.29, 0.717) is 17.9 Å². The summed E-state index contributed by atoms with van der Waals surface area (Å²) in [6, 6.07) is 26.9. The predicted molar refractivity (Wildman–Crippen MR) is 121 cm³/mol. The van der Waals surface area contributed by atoms with E-state index in [2.05, 4.69) is 5.10 Å². The number of hydrogen-bond donors (Lipinski definition) is 1. The van der Waals surface area contributed by atoms with Crippen molar-refractivity contribution >= 4 is 11.4 Å². The van der Waals surface area contributed by atoms with Crippen molar-refractivity contribution in [2.24, 2.45) is 4.99 Å². The summed E-state index contributed by atoms with van der Waals surface area (Å²) in [6.45, 7) is 4.43. The van der Waals surface area contributed by atoms with E-state index in [0.717, 1.165) is 28.4 Å². The molecule has 0 spiro atoms. The third kappa shape index (κ3) is 3.96. The molecule has 4 aromatic rings. The number of ether oxygens (including phenoxy) is 1. The van der Waals surface area contributed by atoms with E-state index < -0.39 is 0 Å². The van der Waals surface area contributed by atoms with Crippen LogP contribution in [0.5, 0.6) is 5.75 Å². The second-order valence-corrected chi connectivity index (χ2v) is 6.83. The number of nitrogens with zero attached hydrogens (tertiary/aromatic N) is 2. The first kappa shape index (κ1) is 19.5. The lowest BCUT2D eigenvalue weighted by Gasteiger charge is -2.04. The summed E-state index contributed by atoms with van der Waals surface area (Å²) in [5.41, 5.74) is 4.29. The van der Waals surface area contributed by atoms with Crippen LogP contribution in [-0.4, -0.2) is 22.1 Å². The van der Waals surface area contributed by atoms with E-state index in [1.807, 2.05) is 98.8 Å². The first-order chi connectivity index (χ1) is 14.7. The van der Waals surface area contributed by atoms with Gasteiger partial charge < -0.3 is 4.74 Å². The van der Waals surface area contributed by atoms with Crippen molar-refractivity contribution in [3.8, 4) is 22.7 Å². The molecule has 1 heterocycles. The van der Waals surface area contributed by atoms with Crippen molar-refractivity contribution in [3.05, 3.63) is 101 Å². The van der Waals surface area contributed by atoms with Crippen LogP contribution in [0.3, 0.4) is 0 Å². The van der Waals surface area contributed by atoms with Crippen LogP contribution in [0.1, 0.15) is 19.4 Å². The summed E-state index contributed by atoms with van der Waals surface area (Å²) in [5, 5.41) is 3.28. The van der Waals surface area contributed by atoms with Gasteiger partial charge in [0, 0.05) is 5.56 Å². The Balaban J connectivity index is 1.83. The number of benzene rings is 3. The maximum Gasteiger partial charge on any atom is 0.280 e. The van der Waals surface area contributed by atoms with E-state index in [1.54, 1.807) is 4.68 Å². The van der Waals surface area contributed by atoms with Gasteiger partial charge >= 0.3 is 0 Å². The first-order valence-corrected chi connectivity index (χ1v) is 9.91. The van der Waals surface area contributed by atoms with Gasteiger partial charge in [0.15, 0.2) is 0 Å². The minimum Gasteiger partial charge on any atom is -0.494 e. The number of rotatable bonds is 6. The Bertz CT molecular complexity index is 1210. The zero-order chi connectivity index (χ0) is 20.9. The van der Waals surface area contributed by atoms with E-state index in [-0.39, 0.29) is 5.56 Å². The summed E-state index contributed by atoms with van der Waals surface area (Å²) < 4.78 is 7.06. The molecule has 3 aromatic carbocycles. The molecule has 0 aliphatic rings.